The van der Waals surface area contributed by atoms with Gasteiger partial charge in [0, 0.05) is 4.75 Å². The van der Waals surface area contributed by atoms with Crippen LogP contribution in [0.3, 0.4) is 0 Å². The van der Waals surface area contributed by atoms with E-state index < -0.39 is 22.8 Å². The first-order valence-electron chi connectivity index (χ1n) is 4.34. The van der Waals surface area contributed by atoms with Crippen molar-refractivity contribution in [2.45, 2.75) is 36.1 Å². The van der Waals surface area contributed by atoms with Gasteiger partial charge in [-0.2, -0.15) is 0 Å². The van der Waals surface area contributed by atoms with Crippen molar-refractivity contribution < 1.29 is 14.7 Å². The standard InChI is InChI=1S/C8H12N2O3S/c1-8(2)4(7(12)13)10-5(11)3(9)6(10)14-8/h3-4,6H,9H2,1-2H3,(H,12,13)/t3-,4+,6-/m0/s1. The Morgan fingerprint density at radius 1 is 1.64 bits per heavy atom. The molecule has 3 atom stereocenters. The van der Waals surface area contributed by atoms with E-state index in [0.29, 0.717) is 0 Å². The molecule has 0 spiro atoms. The van der Waals surface area contributed by atoms with E-state index in [0.717, 1.165) is 0 Å². The van der Waals surface area contributed by atoms with Crippen LogP contribution in [0.4, 0.5) is 0 Å². The molecule has 6 heteroatoms. The Kier molecular flexibility index (Phi) is 1.84. The first kappa shape index (κ1) is 9.79. The van der Waals surface area contributed by atoms with Crippen molar-refractivity contribution in [3.63, 3.8) is 0 Å². The Balaban J connectivity index is 2.32. The van der Waals surface area contributed by atoms with Crippen LogP contribution in [-0.4, -0.2) is 44.1 Å². The molecule has 2 aliphatic heterocycles. The molecule has 0 aromatic carbocycles. The van der Waals surface area contributed by atoms with Crippen molar-refractivity contribution in [3.8, 4) is 0 Å². The van der Waals surface area contributed by atoms with Gasteiger partial charge in [-0.25, -0.2) is 4.79 Å². The average molecular weight is 216 g/mol. The van der Waals surface area contributed by atoms with Crippen LogP contribution < -0.4 is 5.73 Å². The van der Waals surface area contributed by atoms with Gasteiger partial charge >= 0.3 is 5.97 Å². The van der Waals surface area contributed by atoms with E-state index in [1.807, 2.05) is 13.8 Å². The molecule has 0 radical (unpaired) electrons. The summed E-state index contributed by atoms with van der Waals surface area (Å²) in [6.07, 6.45) is 0. The minimum Gasteiger partial charge on any atom is -0.480 e. The van der Waals surface area contributed by atoms with Gasteiger partial charge in [-0.1, -0.05) is 0 Å². The monoisotopic (exact) mass is 216 g/mol. The molecular weight excluding hydrogens is 204 g/mol. The van der Waals surface area contributed by atoms with Crippen LogP contribution in [0.25, 0.3) is 0 Å². The molecule has 0 saturated carbocycles. The SMILES string of the molecule is CC1(C)S[C@H]2[C@@H](N)C(=O)N2[C@@H]1C(=O)O. The average Bonchev–Trinajstić information content (AvgIpc) is 2.34. The number of carbonyl (C=O) groups is 2. The topological polar surface area (TPSA) is 83.6 Å². The zero-order valence-electron chi connectivity index (χ0n) is 7.93. The van der Waals surface area contributed by atoms with Crippen LogP contribution >= 0.6 is 11.8 Å². The third-order valence-corrected chi connectivity index (χ3v) is 4.31. The second-order valence-electron chi connectivity index (χ2n) is 4.12. The summed E-state index contributed by atoms with van der Waals surface area (Å²) in [5.74, 6) is -1.20. The Morgan fingerprint density at radius 3 is 2.71 bits per heavy atom. The molecule has 2 saturated heterocycles. The van der Waals surface area contributed by atoms with E-state index in [2.05, 4.69) is 0 Å². The summed E-state index contributed by atoms with van der Waals surface area (Å²) in [6, 6.07) is -1.27. The number of carboxylic acid groups (broad SMARTS) is 1. The van der Waals surface area contributed by atoms with Gasteiger partial charge < -0.3 is 15.7 Å². The van der Waals surface area contributed by atoms with Crippen LogP contribution in [0.15, 0.2) is 0 Å². The van der Waals surface area contributed by atoms with Crippen molar-refractivity contribution in [1.29, 1.82) is 0 Å². The maximum absolute atomic E-state index is 11.4. The van der Waals surface area contributed by atoms with E-state index in [9.17, 15) is 9.59 Å². The molecule has 2 rings (SSSR count). The fourth-order valence-corrected chi connectivity index (χ4v) is 3.61. The van der Waals surface area contributed by atoms with Gasteiger partial charge in [0.15, 0.2) is 0 Å². The van der Waals surface area contributed by atoms with Crippen molar-refractivity contribution in [3.05, 3.63) is 0 Å². The number of carboxylic acids is 1. The first-order valence-corrected chi connectivity index (χ1v) is 5.22. The first-order chi connectivity index (χ1) is 6.36. The maximum Gasteiger partial charge on any atom is 0.327 e. The fourth-order valence-electron chi connectivity index (χ4n) is 2.04. The lowest BCUT2D eigenvalue weighted by molar-refractivity contribution is -0.159. The summed E-state index contributed by atoms with van der Waals surface area (Å²) in [6.45, 7) is 3.66. The molecule has 5 nitrogen and oxygen atoms in total. The molecule has 0 aromatic rings. The zero-order valence-corrected chi connectivity index (χ0v) is 8.75. The van der Waals surface area contributed by atoms with Gasteiger partial charge in [0.2, 0.25) is 5.91 Å². The molecular formula is C8H12N2O3S. The van der Waals surface area contributed by atoms with Crippen LogP contribution in [0.5, 0.6) is 0 Å². The molecule has 3 N–H and O–H groups in total. The van der Waals surface area contributed by atoms with Crippen molar-refractivity contribution in [1.82, 2.24) is 4.90 Å². The summed E-state index contributed by atoms with van der Waals surface area (Å²) >= 11 is 1.47. The number of nitrogens with two attached hydrogens (primary N) is 1. The second kappa shape index (κ2) is 2.64. The number of hydrogen-bond donors (Lipinski definition) is 2. The molecule has 2 fully saturated rings. The summed E-state index contributed by atoms with van der Waals surface area (Å²) in [4.78, 5) is 23.8. The van der Waals surface area contributed by atoms with Crippen LogP contribution in [0.2, 0.25) is 0 Å². The fraction of sp³-hybridized carbons (Fsp3) is 0.750. The number of amides is 1. The Bertz CT molecular complexity index is 318. The third-order valence-electron chi connectivity index (χ3n) is 2.72. The molecule has 2 aliphatic rings. The maximum atomic E-state index is 11.4. The normalized spacial score (nSPS) is 39.2. The van der Waals surface area contributed by atoms with E-state index >= 15 is 0 Å². The molecule has 14 heavy (non-hydrogen) atoms. The smallest absolute Gasteiger partial charge is 0.327 e. The predicted molar refractivity (Wildman–Crippen MR) is 51.7 cm³/mol. The molecule has 2 heterocycles. The van der Waals surface area contributed by atoms with E-state index in [1.54, 1.807) is 0 Å². The van der Waals surface area contributed by atoms with E-state index in [1.165, 1.54) is 16.7 Å². The van der Waals surface area contributed by atoms with Crippen molar-refractivity contribution in [2.75, 3.05) is 0 Å². The van der Waals surface area contributed by atoms with Crippen LogP contribution in [0.1, 0.15) is 13.8 Å². The number of rotatable bonds is 1. The number of fused-ring (bicyclic) bond motifs is 1. The molecule has 0 aromatic heterocycles. The van der Waals surface area contributed by atoms with Crippen LogP contribution in [0, 0.1) is 0 Å². The second-order valence-corrected chi connectivity index (χ2v) is 5.89. The highest BCUT2D eigenvalue weighted by Crippen LogP contribution is 2.50. The number of aliphatic carboxylic acids is 1. The minimum atomic E-state index is -0.953. The minimum absolute atomic E-state index is 0.154. The summed E-state index contributed by atoms with van der Waals surface area (Å²) < 4.78 is -0.458. The molecule has 78 valence electrons. The van der Waals surface area contributed by atoms with Crippen molar-refractivity contribution in [2.24, 2.45) is 5.73 Å². The highest BCUT2D eigenvalue weighted by atomic mass is 32.2. The number of β-lactam (4-membered cyclic amide) rings is 1. The number of hydrogen-bond acceptors (Lipinski definition) is 4. The predicted octanol–water partition coefficient (Wildman–Crippen LogP) is -0.539. The van der Waals surface area contributed by atoms with Gasteiger partial charge in [0.1, 0.15) is 17.5 Å². The van der Waals surface area contributed by atoms with Crippen molar-refractivity contribution >= 4 is 23.6 Å². The summed E-state index contributed by atoms with van der Waals surface area (Å²) in [5, 5.41) is 8.87. The lowest BCUT2D eigenvalue weighted by atomic mass is 9.96. The zero-order chi connectivity index (χ0) is 10.7. The highest BCUT2D eigenvalue weighted by Gasteiger charge is 2.62. The molecule has 1 amide bonds. The van der Waals surface area contributed by atoms with Gasteiger partial charge in [0.05, 0.1) is 0 Å². The Morgan fingerprint density at radius 2 is 2.21 bits per heavy atom. The molecule has 0 aliphatic carbocycles. The number of nitrogens with zero attached hydrogens (tertiary/aromatic N) is 1. The third kappa shape index (κ3) is 1.01. The van der Waals surface area contributed by atoms with Gasteiger partial charge in [-0.05, 0) is 13.8 Å². The van der Waals surface area contributed by atoms with Gasteiger partial charge in [0.25, 0.3) is 0 Å². The molecule has 0 unspecified atom stereocenters. The van der Waals surface area contributed by atoms with Gasteiger partial charge in [-0.3, -0.25) is 4.79 Å². The lowest BCUT2D eigenvalue weighted by Crippen LogP contribution is -2.68. The lowest BCUT2D eigenvalue weighted by Gasteiger charge is -2.41. The summed E-state index contributed by atoms with van der Waals surface area (Å²) in [7, 11) is 0. The number of thioether (sulfide) groups is 1. The highest BCUT2D eigenvalue weighted by molar-refractivity contribution is 8.01. The van der Waals surface area contributed by atoms with E-state index in [-0.39, 0.29) is 11.3 Å². The Hall–Kier alpha value is -0.750. The molecule has 0 bridgehead atoms. The van der Waals surface area contributed by atoms with E-state index in [4.69, 9.17) is 10.8 Å². The number of carbonyl (C=O) groups excluding carboxylic acids is 1. The Labute approximate surface area is 85.6 Å². The van der Waals surface area contributed by atoms with Crippen LogP contribution in [-0.2, 0) is 9.59 Å². The summed E-state index contributed by atoms with van der Waals surface area (Å²) in [5.41, 5.74) is 5.59. The quantitative estimate of drug-likeness (QED) is 0.575. The van der Waals surface area contributed by atoms with Gasteiger partial charge in [-0.15, -0.1) is 11.8 Å². The largest absolute Gasteiger partial charge is 0.480 e.